The molecule has 0 saturated carbocycles. The number of ether oxygens (including phenoxy) is 2. The highest BCUT2D eigenvalue weighted by Gasteiger charge is 2.33. The number of halogens is 1. The second kappa shape index (κ2) is 9.96. The number of hydrogen-bond acceptors (Lipinski definition) is 5. The van der Waals surface area contributed by atoms with Crippen LogP contribution in [0.15, 0.2) is 35.7 Å². The van der Waals surface area contributed by atoms with Gasteiger partial charge in [0.2, 0.25) is 11.8 Å². The van der Waals surface area contributed by atoms with Crippen molar-refractivity contribution in [1.29, 1.82) is 0 Å². The Morgan fingerprint density at radius 1 is 1.21 bits per heavy atom. The minimum absolute atomic E-state index is 0.0529. The second-order valence-electron chi connectivity index (χ2n) is 6.83. The molecular weight excluding hydrogens is 395 g/mol. The number of methoxy groups -OCH3 is 2. The van der Waals surface area contributed by atoms with E-state index in [0.717, 1.165) is 17.5 Å². The van der Waals surface area contributed by atoms with E-state index in [2.05, 4.69) is 0 Å². The maximum atomic E-state index is 13.5. The summed E-state index contributed by atoms with van der Waals surface area (Å²) in [6.45, 7) is 1.04. The zero-order chi connectivity index (χ0) is 20.8. The van der Waals surface area contributed by atoms with Gasteiger partial charge in [-0.3, -0.25) is 9.59 Å². The molecule has 156 valence electrons. The molecule has 1 aliphatic rings. The van der Waals surface area contributed by atoms with E-state index < -0.39 is 0 Å². The second-order valence-corrected chi connectivity index (χ2v) is 7.83. The van der Waals surface area contributed by atoms with E-state index in [0.29, 0.717) is 19.7 Å². The molecule has 8 heteroatoms. The molecule has 2 amide bonds. The van der Waals surface area contributed by atoms with Crippen LogP contribution in [0.1, 0.15) is 22.0 Å². The summed E-state index contributed by atoms with van der Waals surface area (Å²) >= 11 is 1.67. The fourth-order valence-corrected chi connectivity index (χ4v) is 4.46. The smallest absolute Gasteiger partial charge is 0.249 e. The average molecular weight is 421 g/mol. The van der Waals surface area contributed by atoms with Crippen LogP contribution >= 0.6 is 11.3 Å². The van der Waals surface area contributed by atoms with Gasteiger partial charge in [0.15, 0.2) is 0 Å². The van der Waals surface area contributed by atoms with Gasteiger partial charge < -0.3 is 19.3 Å². The lowest BCUT2D eigenvalue weighted by Gasteiger charge is -2.37. The van der Waals surface area contributed by atoms with Crippen molar-refractivity contribution in [2.75, 3.05) is 47.1 Å². The van der Waals surface area contributed by atoms with Crippen molar-refractivity contribution in [3.05, 3.63) is 57.5 Å². The lowest BCUT2D eigenvalue weighted by Crippen LogP contribution is -2.48. The first kappa shape index (κ1) is 21.4. The van der Waals surface area contributed by atoms with E-state index in [-0.39, 0.29) is 36.8 Å². The summed E-state index contributed by atoms with van der Waals surface area (Å²) in [5.74, 6) is -0.731. The quantitative estimate of drug-likeness (QED) is 0.658. The molecule has 3 rings (SSSR count). The molecule has 0 spiro atoms. The highest BCUT2D eigenvalue weighted by molar-refractivity contribution is 7.10. The number of nitrogens with zero attached hydrogens (tertiary/aromatic N) is 2. The summed E-state index contributed by atoms with van der Waals surface area (Å²) in [7, 11) is 3.00. The molecule has 0 aliphatic carbocycles. The van der Waals surface area contributed by atoms with E-state index >= 15 is 0 Å². The molecule has 0 fully saturated rings. The monoisotopic (exact) mass is 420 g/mol. The summed E-state index contributed by atoms with van der Waals surface area (Å²) in [6.07, 6.45) is 0.764. The fraction of sp³-hybridized carbons (Fsp3) is 0.429. The van der Waals surface area contributed by atoms with Crippen molar-refractivity contribution < 1.29 is 23.5 Å². The van der Waals surface area contributed by atoms with Crippen LogP contribution in [-0.2, 0) is 25.5 Å². The molecule has 1 aromatic carbocycles. The maximum Gasteiger partial charge on any atom is 0.249 e. The first-order valence-electron chi connectivity index (χ1n) is 9.42. The van der Waals surface area contributed by atoms with Crippen LogP contribution in [-0.4, -0.2) is 68.7 Å². The topological polar surface area (TPSA) is 59.1 Å². The van der Waals surface area contributed by atoms with Gasteiger partial charge in [-0.15, -0.1) is 11.3 Å². The molecule has 0 unspecified atom stereocenters. The molecule has 0 bridgehead atoms. The first-order chi connectivity index (χ1) is 14.0. The molecule has 1 aliphatic heterocycles. The Kier molecular flexibility index (Phi) is 7.35. The summed E-state index contributed by atoms with van der Waals surface area (Å²) in [6, 6.07) is 7.97. The third-order valence-corrected chi connectivity index (χ3v) is 5.98. The minimum Gasteiger partial charge on any atom is -0.383 e. The number of benzene rings is 1. The lowest BCUT2D eigenvalue weighted by atomic mass is 9.93. The predicted molar refractivity (Wildman–Crippen MR) is 108 cm³/mol. The zero-order valence-corrected chi connectivity index (χ0v) is 17.4. The average Bonchev–Trinajstić information content (AvgIpc) is 3.20. The van der Waals surface area contributed by atoms with E-state index in [1.165, 1.54) is 29.0 Å². The van der Waals surface area contributed by atoms with Crippen molar-refractivity contribution >= 4 is 23.2 Å². The molecule has 0 N–H and O–H groups in total. The molecule has 2 heterocycles. The van der Waals surface area contributed by atoms with Gasteiger partial charge in [0.1, 0.15) is 12.4 Å². The van der Waals surface area contributed by atoms with Crippen molar-refractivity contribution in [3.8, 4) is 0 Å². The highest BCUT2D eigenvalue weighted by atomic mass is 32.1. The van der Waals surface area contributed by atoms with Gasteiger partial charge in [0.25, 0.3) is 0 Å². The summed E-state index contributed by atoms with van der Waals surface area (Å²) in [4.78, 5) is 30.1. The summed E-state index contributed by atoms with van der Waals surface area (Å²) in [5, 5.41) is 2.02. The molecule has 29 heavy (non-hydrogen) atoms. The minimum atomic E-state index is -0.316. The van der Waals surface area contributed by atoms with Gasteiger partial charge in [0.05, 0.1) is 19.2 Å². The SMILES string of the molecule is COCCN(CC(=O)N1CCc2sccc2[C@@H]1c1ccc(F)cc1)C(=O)COC. The standard InChI is InChI=1S/C21H25FN2O4S/c1-27-11-10-23(20(26)14-28-2)13-19(25)24-9-7-18-17(8-12-29-18)21(24)15-3-5-16(22)6-4-15/h3-6,8,12,21H,7,9-11,13-14H2,1-2H3/t21-/m0/s1. The van der Waals surface area contributed by atoms with Gasteiger partial charge in [-0.1, -0.05) is 12.1 Å². The summed E-state index contributed by atoms with van der Waals surface area (Å²) in [5.41, 5.74) is 1.92. The Labute approximate surface area is 173 Å². The van der Waals surface area contributed by atoms with E-state index in [9.17, 15) is 14.0 Å². The van der Waals surface area contributed by atoms with Crippen LogP contribution in [0.2, 0.25) is 0 Å². The van der Waals surface area contributed by atoms with Crippen LogP contribution in [0.4, 0.5) is 4.39 Å². The van der Waals surface area contributed by atoms with Crippen molar-refractivity contribution in [3.63, 3.8) is 0 Å². The predicted octanol–water partition coefficient (Wildman–Crippen LogP) is 2.48. The number of fused-ring (bicyclic) bond motifs is 1. The van der Waals surface area contributed by atoms with Gasteiger partial charge in [-0.05, 0) is 41.1 Å². The van der Waals surface area contributed by atoms with Crippen LogP contribution in [0.3, 0.4) is 0 Å². The number of carbonyl (C=O) groups is 2. The molecule has 0 saturated heterocycles. The third-order valence-electron chi connectivity index (χ3n) is 4.98. The lowest BCUT2D eigenvalue weighted by molar-refractivity contribution is -0.144. The van der Waals surface area contributed by atoms with Crippen molar-refractivity contribution in [1.82, 2.24) is 9.80 Å². The molecule has 1 atom stereocenters. The van der Waals surface area contributed by atoms with Crippen molar-refractivity contribution in [2.45, 2.75) is 12.5 Å². The first-order valence-corrected chi connectivity index (χ1v) is 10.3. The Bertz CT molecular complexity index is 839. The number of carbonyl (C=O) groups excluding carboxylic acids is 2. The largest absolute Gasteiger partial charge is 0.383 e. The van der Waals surface area contributed by atoms with E-state index in [1.54, 1.807) is 35.5 Å². The third kappa shape index (κ3) is 5.01. The van der Waals surface area contributed by atoms with Gasteiger partial charge in [-0.25, -0.2) is 4.39 Å². The van der Waals surface area contributed by atoms with E-state index in [1.807, 2.05) is 11.4 Å². The van der Waals surface area contributed by atoms with E-state index in [4.69, 9.17) is 9.47 Å². The van der Waals surface area contributed by atoms with Crippen LogP contribution in [0.5, 0.6) is 0 Å². The number of amides is 2. The zero-order valence-electron chi connectivity index (χ0n) is 16.6. The van der Waals surface area contributed by atoms with Crippen LogP contribution in [0.25, 0.3) is 0 Å². The highest BCUT2D eigenvalue weighted by Crippen LogP contribution is 2.37. The maximum absolute atomic E-state index is 13.5. The molecular formula is C21H25FN2O4S. The molecule has 1 aromatic heterocycles. The Balaban J connectivity index is 1.85. The Hall–Kier alpha value is -2.29. The summed E-state index contributed by atoms with van der Waals surface area (Å²) < 4.78 is 23.5. The van der Waals surface area contributed by atoms with Crippen LogP contribution in [0, 0.1) is 5.82 Å². The van der Waals surface area contributed by atoms with Crippen molar-refractivity contribution in [2.24, 2.45) is 0 Å². The van der Waals surface area contributed by atoms with Gasteiger partial charge >= 0.3 is 0 Å². The number of rotatable bonds is 8. The Morgan fingerprint density at radius 3 is 2.66 bits per heavy atom. The number of hydrogen-bond donors (Lipinski definition) is 0. The normalized spacial score (nSPS) is 15.8. The Morgan fingerprint density at radius 2 is 1.97 bits per heavy atom. The van der Waals surface area contributed by atoms with Crippen LogP contribution < -0.4 is 0 Å². The molecule has 2 aromatic rings. The van der Waals surface area contributed by atoms with Gasteiger partial charge in [0, 0.05) is 32.2 Å². The molecule has 6 nitrogen and oxygen atoms in total. The fourth-order valence-electron chi connectivity index (χ4n) is 3.55. The number of thiophene rings is 1. The van der Waals surface area contributed by atoms with Gasteiger partial charge in [-0.2, -0.15) is 0 Å². The molecule has 0 radical (unpaired) electrons.